The van der Waals surface area contributed by atoms with E-state index in [1.165, 1.54) is 12.1 Å². The first-order chi connectivity index (χ1) is 9.94. The summed E-state index contributed by atoms with van der Waals surface area (Å²) in [5, 5.41) is 13.6. The van der Waals surface area contributed by atoms with E-state index in [4.69, 9.17) is 0 Å². The molecule has 0 radical (unpaired) electrons. The highest BCUT2D eigenvalue weighted by molar-refractivity contribution is 5.25. The number of aryl methyl sites for hydroxylation is 1. The van der Waals surface area contributed by atoms with Crippen molar-refractivity contribution in [1.82, 2.24) is 9.78 Å². The molecule has 1 aromatic heterocycles. The van der Waals surface area contributed by atoms with Crippen LogP contribution in [0.4, 0.5) is 13.2 Å². The highest BCUT2D eigenvalue weighted by Crippen LogP contribution is 2.29. The van der Waals surface area contributed by atoms with Gasteiger partial charge in [0.1, 0.15) is 0 Å². The topological polar surface area (TPSA) is 38.0 Å². The molecule has 114 valence electrons. The van der Waals surface area contributed by atoms with Crippen LogP contribution in [0.15, 0.2) is 30.5 Å². The van der Waals surface area contributed by atoms with Gasteiger partial charge >= 0.3 is 6.18 Å². The van der Waals surface area contributed by atoms with Crippen LogP contribution in [0, 0.1) is 0 Å². The Kier molecular flexibility index (Phi) is 4.67. The minimum atomic E-state index is -4.32. The molecule has 6 heteroatoms. The standard InChI is InChI=1S/C15H17F3N2O/c1-2-3-14-12(10-21)9-20(19-14)8-11-4-6-13(7-5-11)15(16,17)18/h4-7,9,21H,2-3,8,10H2,1H3. The fourth-order valence-corrected chi connectivity index (χ4v) is 2.15. The van der Waals surface area contributed by atoms with E-state index in [1.807, 2.05) is 6.92 Å². The van der Waals surface area contributed by atoms with Gasteiger partial charge in [-0.3, -0.25) is 4.68 Å². The average Bonchev–Trinajstić information content (AvgIpc) is 2.81. The summed E-state index contributed by atoms with van der Waals surface area (Å²) < 4.78 is 39.1. The third kappa shape index (κ3) is 3.85. The minimum absolute atomic E-state index is 0.0810. The number of alkyl halides is 3. The maximum absolute atomic E-state index is 12.5. The molecule has 0 unspecified atom stereocenters. The molecule has 3 nitrogen and oxygen atoms in total. The maximum atomic E-state index is 12.5. The summed E-state index contributed by atoms with van der Waals surface area (Å²) in [5.41, 5.74) is 1.68. The number of hydrogen-bond acceptors (Lipinski definition) is 2. The minimum Gasteiger partial charge on any atom is -0.392 e. The maximum Gasteiger partial charge on any atom is 0.416 e. The zero-order chi connectivity index (χ0) is 15.5. The van der Waals surface area contributed by atoms with Crippen LogP contribution < -0.4 is 0 Å². The van der Waals surface area contributed by atoms with E-state index in [0.717, 1.165) is 41.8 Å². The summed E-state index contributed by atoms with van der Waals surface area (Å²) in [7, 11) is 0. The van der Waals surface area contributed by atoms with Crippen molar-refractivity contribution in [2.45, 2.75) is 39.1 Å². The Balaban J connectivity index is 2.14. The quantitative estimate of drug-likeness (QED) is 0.918. The number of benzene rings is 1. The Morgan fingerprint density at radius 1 is 1.19 bits per heavy atom. The van der Waals surface area contributed by atoms with Crippen molar-refractivity contribution in [2.24, 2.45) is 0 Å². The Morgan fingerprint density at radius 2 is 1.86 bits per heavy atom. The second kappa shape index (κ2) is 6.30. The lowest BCUT2D eigenvalue weighted by Crippen LogP contribution is -2.06. The fraction of sp³-hybridized carbons (Fsp3) is 0.400. The van der Waals surface area contributed by atoms with Crippen molar-refractivity contribution in [1.29, 1.82) is 0 Å². The largest absolute Gasteiger partial charge is 0.416 e. The number of aliphatic hydroxyl groups excluding tert-OH is 1. The second-order valence-electron chi connectivity index (χ2n) is 4.90. The number of aliphatic hydroxyl groups is 1. The van der Waals surface area contributed by atoms with Gasteiger partial charge in [-0.15, -0.1) is 0 Å². The van der Waals surface area contributed by atoms with Crippen molar-refractivity contribution in [2.75, 3.05) is 0 Å². The Bertz CT molecular complexity index is 588. The van der Waals surface area contributed by atoms with Crippen LogP contribution in [0.5, 0.6) is 0 Å². The lowest BCUT2D eigenvalue weighted by Gasteiger charge is -2.07. The van der Waals surface area contributed by atoms with Crippen molar-refractivity contribution in [3.05, 3.63) is 52.8 Å². The molecule has 1 N–H and O–H groups in total. The van der Waals surface area contributed by atoms with Crippen LogP contribution in [-0.2, 0) is 25.7 Å². The number of nitrogens with zero attached hydrogens (tertiary/aromatic N) is 2. The van der Waals surface area contributed by atoms with Crippen LogP contribution in [0.25, 0.3) is 0 Å². The van der Waals surface area contributed by atoms with Gasteiger partial charge in [0.15, 0.2) is 0 Å². The van der Waals surface area contributed by atoms with Gasteiger partial charge in [-0.05, 0) is 24.1 Å². The van der Waals surface area contributed by atoms with Gasteiger partial charge in [-0.2, -0.15) is 18.3 Å². The molecule has 2 rings (SSSR count). The molecule has 0 aliphatic carbocycles. The molecular weight excluding hydrogens is 281 g/mol. The fourth-order valence-electron chi connectivity index (χ4n) is 2.15. The Morgan fingerprint density at radius 3 is 2.38 bits per heavy atom. The van der Waals surface area contributed by atoms with E-state index in [-0.39, 0.29) is 6.61 Å². The molecule has 0 bridgehead atoms. The lowest BCUT2D eigenvalue weighted by molar-refractivity contribution is -0.137. The number of aromatic nitrogens is 2. The smallest absolute Gasteiger partial charge is 0.392 e. The predicted octanol–water partition coefficient (Wildman–Crippen LogP) is 3.40. The molecule has 0 atom stereocenters. The number of rotatable bonds is 5. The molecule has 0 fully saturated rings. The highest BCUT2D eigenvalue weighted by atomic mass is 19.4. The van der Waals surface area contributed by atoms with Gasteiger partial charge in [0.2, 0.25) is 0 Å². The molecule has 0 amide bonds. The summed E-state index contributed by atoms with van der Waals surface area (Å²) in [6, 6.07) is 5.03. The van der Waals surface area contributed by atoms with Crippen LogP contribution >= 0.6 is 0 Å². The molecule has 0 saturated heterocycles. The van der Waals surface area contributed by atoms with Gasteiger partial charge < -0.3 is 5.11 Å². The van der Waals surface area contributed by atoms with E-state index in [9.17, 15) is 18.3 Å². The first kappa shape index (κ1) is 15.6. The van der Waals surface area contributed by atoms with Gasteiger partial charge in [-0.25, -0.2) is 0 Å². The zero-order valence-corrected chi connectivity index (χ0v) is 11.7. The van der Waals surface area contributed by atoms with Crippen molar-refractivity contribution < 1.29 is 18.3 Å². The Labute approximate surface area is 121 Å². The van der Waals surface area contributed by atoms with Crippen LogP contribution in [0.1, 0.15) is 35.7 Å². The van der Waals surface area contributed by atoms with Crippen molar-refractivity contribution >= 4 is 0 Å². The molecule has 2 aromatic rings. The van der Waals surface area contributed by atoms with Gasteiger partial charge in [0.05, 0.1) is 24.4 Å². The normalized spacial score (nSPS) is 11.9. The highest BCUT2D eigenvalue weighted by Gasteiger charge is 2.29. The molecule has 0 saturated carbocycles. The summed E-state index contributed by atoms with van der Waals surface area (Å²) in [5.74, 6) is 0. The van der Waals surface area contributed by atoms with Crippen LogP contribution in [0.3, 0.4) is 0 Å². The van der Waals surface area contributed by atoms with E-state index >= 15 is 0 Å². The van der Waals surface area contributed by atoms with E-state index in [0.29, 0.717) is 6.54 Å². The van der Waals surface area contributed by atoms with E-state index in [1.54, 1.807) is 10.9 Å². The molecule has 0 spiro atoms. The molecule has 0 aliphatic rings. The lowest BCUT2D eigenvalue weighted by atomic mass is 10.1. The first-order valence-corrected chi connectivity index (χ1v) is 6.76. The first-order valence-electron chi connectivity index (χ1n) is 6.76. The monoisotopic (exact) mass is 298 g/mol. The average molecular weight is 298 g/mol. The zero-order valence-electron chi connectivity index (χ0n) is 11.7. The van der Waals surface area contributed by atoms with Crippen molar-refractivity contribution in [3.8, 4) is 0 Å². The molecule has 0 aliphatic heterocycles. The summed E-state index contributed by atoms with van der Waals surface area (Å²) in [4.78, 5) is 0. The number of halogens is 3. The van der Waals surface area contributed by atoms with E-state index in [2.05, 4.69) is 5.10 Å². The van der Waals surface area contributed by atoms with Gasteiger partial charge in [0.25, 0.3) is 0 Å². The molecule has 1 heterocycles. The van der Waals surface area contributed by atoms with Gasteiger partial charge in [0, 0.05) is 11.8 Å². The van der Waals surface area contributed by atoms with Crippen molar-refractivity contribution in [3.63, 3.8) is 0 Å². The Hall–Kier alpha value is -1.82. The third-order valence-electron chi connectivity index (χ3n) is 3.21. The molecular formula is C15H17F3N2O. The summed E-state index contributed by atoms with van der Waals surface area (Å²) >= 11 is 0. The van der Waals surface area contributed by atoms with Gasteiger partial charge in [-0.1, -0.05) is 25.5 Å². The summed E-state index contributed by atoms with van der Waals surface area (Å²) in [6.45, 7) is 2.33. The SMILES string of the molecule is CCCc1nn(Cc2ccc(C(F)(F)F)cc2)cc1CO. The van der Waals surface area contributed by atoms with Crippen LogP contribution in [0.2, 0.25) is 0 Å². The van der Waals surface area contributed by atoms with Crippen LogP contribution in [-0.4, -0.2) is 14.9 Å². The molecule has 21 heavy (non-hydrogen) atoms. The number of hydrogen-bond donors (Lipinski definition) is 1. The third-order valence-corrected chi connectivity index (χ3v) is 3.21. The van der Waals surface area contributed by atoms with E-state index < -0.39 is 11.7 Å². The molecule has 1 aromatic carbocycles. The predicted molar refractivity (Wildman–Crippen MR) is 72.7 cm³/mol. The summed E-state index contributed by atoms with van der Waals surface area (Å²) in [6.07, 6.45) is -0.883. The second-order valence-corrected chi connectivity index (χ2v) is 4.90.